The predicted octanol–water partition coefficient (Wildman–Crippen LogP) is 7.32. The fourth-order valence-electron chi connectivity index (χ4n) is 4.24. The van der Waals surface area contributed by atoms with Crippen molar-refractivity contribution in [2.75, 3.05) is 0 Å². The van der Waals surface area contributed by atoms with E-state index in [0.717, 1.165) is 31.2 Å². The maximum Gasteiger partial charge on any atom is 0.166 e. The standard InChI is InChI=1S/C26H25F3O/c1-17-7-8-20(24(27)15-17)16-30-21-11-9-19(10-12-21)23-14-13-22(25(28)26(23)29)18-5-3-2-4-6-18/h2-8,13-15,19,21H,9-12,16H2,1H3. The van der Waals surface area contributed by atoms with Crippen molar-refractivity contribution in [1.82, 2.24) is 0 Å². The summed E-state index contributed by atoms with van der Waals surface area (Å²) in [4.78, 5) is 0. The molecule has 0 bridgehead atoms. The lowest BCUT2D eigenvalue weighted by molar-refractivity contribution is 0.0119. The van der Waals surface area contributed by atoms with Crippen LogP contribution in [0.2, 0.25) is 0 Å². The van der Waals surface area contributed by atoms with Gasteiger partial charge in [0.1, 0.15) is 5.82 Å². The molecule has 0 N–H and O–H groups in total. The highest BCUT2D eigenvalue weighted by Gasteiger charge is 2.27. The second kappa shape index (κ2) is 9.05. The molecule has 156 valence electrons. The highest BCUT2D eigenvalue weighted by molar-refractivity contribution is 5.64. The van der Waals surface area contributed by atoms with Gasteiger partial charge in [-0.25, -0.2) is 13.2 Å². The normalized spacial score (nSPS) is 19.1. The first-order valence-electron chi connectivity index (χ1n) is 10.4. The Morgan fingerprint density at radius 1 is 0.833 bits per heavy atom. The van der Waals surface area contributed by atoms with Crippen LogP contribution >= 0.6 is 0 Å². The summed E-state index contributed by atoms with van der Waals surface area (Å²) in [6, 6.07) is 17.5. The van der Waals surface area contributed by atoms with Crippen molar-refractivity contribution in [3.63, 3.8) is 0 Å². The van der Waals surface area contributed by atoms with E-state index in [1.807, 2.05) is 31.2 Å². The van der Waals surface area contributed by atoms with E-state index in [2.05, 4.69) is 0 Å². The third-order valence-corrected chi connectivity index (χ3v) is 5.99. The van der Waals surface area contributed by atoms with Crippen molar-refractivity contribution in [1.29, 1.82) is 0 Å². The minimum Gasteiger partial charge on any atom is -0.373 e. The van der Waals surface area contributed by atoms with Crippen molar-refractivity contribution in [2.45, 2.75) is 51.2 Å². The maximum atomic E-state index is 14.8. The second-order valence-corrected chi connectivity index (χ2v) is 8.08. The third kappa shape index (κ3) is 4.44. The fraction of sp³-hybridized carbons (Fsp3) is 0.308. The van der Waals surface area contributed by atoms with Crippen LogP contribution in [0.25, 0.3) is 11.1 Å². The average Bonchev–Trinajstić information content (AvgIpc) is 2.76. The van der Waals surface area contributed by atoms with Gasteiger partial charge in [0.05, 0.1) is 12.7 Å². The monoisotopic (exact) mass is 410 g/mol. The molecule has 1 fully saturated rings. The summed E-state index contributed by atoms with van der Waals surface area (Å²) in [6.07, 6.45) is 2.96. The Hall–Kier alpha value is -2.59. The van der Waals surface area contributed by atoms with E-state index in [9.17, 15) is 13.2 Å². The van der Waals surface area contributed by atoms with Gasteiger partial charge in [-0.2, -0.15) is 0 Å². The van der Waals surface area contributed by atoms with E-state index in [1.54, 1.807) is 30.3 Å². The molecule has 0 unspecified atom stereocenters. The van der Waals surface area contributed by atoms with E-state index in [0.29, 0.717) is 16.7 Å². The molecule has 0 aromatic heterocycles. The van der Waals surface area contributed by atoms with Gasteiger partial charge in [0, 0.05) is 11.1 Å². The minimum absolute atomic E-state index is 0.0125. The first kappa shape index (κ1) is 20.7. The van der Waals surface area contributed by atoms with Gasteiger partial charge in [0.15, 0.2) is 11.6 Å². The topological polar surface area (TPSA) is 9.23 Å². The summed E-state index contributed by atoms with van der Waals surface area (Å²) in [5.74, 6) is -1.81. The van der Waals surface area contributed by atoms with Crippen molar-refractivity contribution >= 4 is 0 Å². The van der Waals surface area contributed by atoms with E-state index >= 15 is 0 Å². The summed E-state index contributed by atoms with van der Waals surface area (Å²) in [6.45, 7) is 2.08. The van der Waals surface area contributed by atoms with E-state index in [-0.39, 0.29) is 30.0 Å². The molecule has 3 aromatic carbocycles. The number of rotatable bonds is 5. The first-order valence-corrected chi connectivity index (χ1v) is 10.4. The van der Waals surface area contributed by atoms with Crippen molar-refractivity contribution in [3.8, 4) is 11.1 Å². The van der Waals surface area contributed by atoms with Gasteiger partial charge in [-0.1, -0.05) is 54.6 Å². The Labute approximate surface area is 175 Å². The molecule has 30 heavy (non-hydrogen) atoms. The number of benzene rings is 3. The van der Waals surface area contributed by atoms with Crippen LogP contribution in [0.4, 0.5) is 13.2 Å². The molecule has 0 aliphatic heterocycles. The number of ether oxygens (including phenoxy) is 1. The predicted molar refractivity (Wildman–Crippen MR) is 113 cm³/mol. The molecule has 1 aliphatic rings. The molecule has 0 saturated heterocycles. The summed E-state index contributed by atoms with van der Waals surface area (Å²) < 4.78 is 49.4. The Bertz CT molecular complexity index is 1010. The summed E-state index contributed by atoms with van der Waals surface area (Å²) in [5, 5.41) is 0. The largest absolute Gasteiger partial charge is 0.373 e. The van der Waals surface area contributed by atoms with E-state index in [1.165, 1.54) is 6.07 Å². The van der Waals surface area contributed by atoms with Crippen LogP contribution < -0.4 is 0 Å². The van der Waals surface area contributed by atoms with Crippen molar-refractivity contribution in [3.05, 3.63) is 94.8 Å². The maximum absolute atomic E-state index is 14.8. The summed E-state index contributed by atoms with van der Waals surface area (Å²) in [7, 11) is 0. The first-order chi connectivity index (χ1) is 14.5. The molecule has 4 rings (SSSR count). The van der Waals surface area contributed by atoms with E-state index in [4.69, 9.17) is 4.74 Å². The SMILES string of the molecule is Cc1ccc(COC2CCC(c3ccc(-c4ccccc4)c(F)c3F)CC2)c(F)c1. The highest BCUT2D eigenvalue weighted by atomic mass is 19.2. The molecule has 1 aliphatic carbocycles. The third-order valence-electron chi connectivity index (χ3n) is 5.99. The van der Waals surface area contributed by atoms with Crippen LogP contribution in [0.5, 0.6) is 0 Å². The highest BCUT2D eigenvalue weighted by Crippen LogP contribution is 2.38. The fourth-order valence-corrected chi connectivity index (χ4v) is 4.24. The van der Waals surface area contributed by atoms with Crippen molar-refractivity contribution in [2.24, 2.45) is 0 Å². The van der Waals surface area contributed by atoms with Crippen LogP contribution in [-0.4, -0.2) is 6.10 Å². The Morgan fingerprint density at radius 3 is 2.27 bits per heavy atom. The van der Waals surface area contributed by atoms with Gasteiger partial charge in [-0.15, -0.1) is 0 Å². The van der Waals surface area contributed by atoms with Gasteiger partial charge in [-0.05, 0) is 61.3 Å². The summed E-state index contributed by atoms with van der Waals surface area (Å²) in [5.41, 5.74) is 2.82. The number of hydrogen-bond acceptors (Lipinski definition) is 1. The van der Waals surface area contributed by atoms with Crippen LogP contribution in [0, 0.1) is 24.4 Å². The van der Waals surface area contributed by atoms with E-state index < -0.39 is 11.6 Å². The minimum atomic E-state index is -0.785. The van der Waals surface area contributed by atoms with Crippen LogP contribution in [-0.2, 0) is 11.3 Å². The average molecular weight is 410 g/mol. The number of aryl methyl sites for hydroxylation is 1. The Morgan fingerprint density at radius 2 is 1.57 bits per heavy atom. The molecule has 0 amide bonds. The molecule has 1 saturated carbocycles. The van der Waals surface area contributed by atoms with Crippen LogP contribution in [0.1, 0.15) is 48.3 Å². The van der Waals surface area contributed by atoms with Gasteiger partial charge in [0.2, 0.25) is 0 Å². The Balaban J connectivity index is 1.39. The van der Waals surface area contributed by atoms with Gasteiger partial charge in [0.25, 0.3) is 0 Å². The zero-order chi connectivity index (χ0) is 21.1. The molecule has 0 spiro atoms. The molecule has 1 nitrogen and oxygen atoms in total. The molecular weight excluding hydrogens is 385 g/mol. The van der Waals surface area contributed by atoms with Gasteiger partial charge >= 0.3 is 0 Å². The second-order valence-electron chi connectivity index (χ2n) is 8.08. The molecular formula is C26H25F3O. The van der Waals surface area contributed by atoms with Crippen molar-refractivity contribution < 1.29 is 17.9 Å². The molecule has 0 radical (unpaired) electrons. The smallest absolute Gasteiger partial charge is 0.166 e. The lowest BCUT2D eigenvalue weighted by Gasteiger charge is -2.29. The molecule has 0 heterocycles. The molecule has 4 heteroatoms. The van der Waals surface area contributed by atoms with Crippen LogP contribution in [0.15, 0.2) is 60.7 Å². The quantitative estimate of drug-likeness (QED) is 0.428. The zero-order valence-corrected chi connectivity index (χ0v) is 17.0. The van der Waals surface area contributed by atoms with Crippen LogP contribution in [0.3, 0.4) is 0 Å². The van der Waals surface area contributed by atoms with Gasteiger partial charge < -0.3 is 4.74 Å². The lowest BCUT2D eigenvalue weighted by Crippen LogP contribution is -2.21. The van der Waals surface area contributed by atoms with Gasteiger partial charge in [-0.3, -0.25) is 0 Å². The molecule has 0 atom stereocenters. The Kier molecular flexibility index (Phi) is 6.24. The lowest BCUT2D eigenvalue weighted by atomic mass is 9.82. The zero-order valence-electron chi connectivity index (χ0n) is 17.0. The number of halogens is 3. The number of hydrogen-bond donors (Lipinski definition) is 0. The molecule has 3 aromatic rings. The summed E-state index contributed by atoms with van der Waals surface area (Å²) >= 11 is 0.